The molecule has 0 saturated carbocycles. The van der Waals surface area contributed by atoms with Crippen LogP contribution in [0, 0.1) is 11.6 Å². The van der Waals surface area contributed by atoms with Gasteiger partial charge < -0.3 is 10.2 Å². The van der Waals surface area contributed by atoms with E-state index in [0.717, 1.165) is 24.2 Å². The Hall–Kier alpha value is -2.27. The molecule has 1 amide bonds. The fraction of sp³-hybridized carbons (Fsp3) is 0.188. The van der Waals surface area contributed by atoms with Crippen LogP contribution < -0.4 is 5.32 Å². The number of amides is 1. The number of benzene rings is 2. The van der Waals surface area contributed by atoms with Crippen molar-refractivity contribution in [3.63, 3.8) is 0 Å². The van der Waals surface area contributed by atoms with Gasteiger partial charge in [-0.15, -0.1) is 0 Å². The summed E-state index contributed by atoms with van der Waals surface area (Å²) >= 11 is 0. The lowest BCUT2D eigenvalue weighted by Gasteiger charge is -2.11. The molecule has 1 N–H and O–H groups in total. The van der Waals surface area contributed by atoms with Crippen molar-refractivity contribution in [3.8, 4) is 0 Å². The third-order valence-corrected chi connectivity index (χ3v) is 2.86. The molecule has 0 aliphatic carbocycles. The van der Waals surface area contributed by atoms with E-state index in [1.165, 1.54) is 0 Å². The van der Waals surface area contributed by atoms with Crippen molar-refractivity contribution in [3.05, 3.63) is 65.2 Å². The Morgan fingerprint density at radius 3 is 2.57 bits per heavy atom. The molecule has 0 saturated heterocycles. The maximum absolute atomic E-state index is 13.5. The molecule has 0 aromatic heterocycles. The zero-order valence-electron chi connectivity index (χ0n) is 11.9. The molecule has 0 radical (unpaired) electrons. The van der Waals surface area contributed by atoms with E-state index < -0.39 is 17.5 Å². The summed E-state index contributed by atoms with van der Waals surface area (Å²) in [6.07, 6.45) is 0. The Kier molecular flexibility index (Phi) is 4.65. The fourth-order valence-corrected chi connectivity index (χ4v) is 1.98. The van der Waals surface area contributed by atoms with Crippen molar-refractivity contribution in [1.29, 1.82) is 0 Å². The molecule has 0 heterocycles. The number of hydrogen-bond donors (Lipinski definition) is 1. The molecule has 21 heavy (non-hydrogen) atoms. The summed E-state index contributed by atoms with van der Waals surface area (Å²) in [5, 5.41) is 2.61. The molecule has 2 rings (SSSR count). The third kappa shape index (κ3) is 4.10. The molecule has 2 aromatic rings. The van der Waals surface area contributed by atoms with Crippen molar-refractivity contribution >= 4 is 11.6 Å². The van der Waals surface area contributed by atoms with Gasteiger partial charge in [-0.05, 0) is 43.9 Å². The summed E-state index contributed by atoms with van der Waals surface area (Å²) in [6.45, 7) is 0.731. The van der Waals surface area contributed by atoms with Crippen LogP contribution in [-0.2, 0) is 6.54 Å². The van der Waals surface area contributed by atoms with Gasteiger partial charge in [-0.3, -0.25) is 4.79 Å². The number of nitrogens with zero attached hydrogens (tertiary/aromatic N) is 1. The highest BCUT2D eigenvalue weighted by Crippen LogP contribution is 2.15. The Morgan fingerprint density at radius 2 is 1.90 bits per heavy atom. The smallest absolute Gasteiger partial charge is 0.258 e. The van der Waals surface area contributed by atoms with E-state index in [9.17, 15) is 13.6 Å². The fourth-order valence-electron chi connectivity index (χ4n) is 1.98. The van der Waals surface area contributed by atoms with E-state index in [2.05, 4.69) is 5.32 Å². The zero-order valence-corrected chi connectivity index (χ0v) is 11.9. The van der Waals surface area contributed by atoms with Crippen LogP contribution in [0.15, 0.2) is 42.5 Å². The molecule has 3 nitrogen and oxygen atoms in total. The number of rotatable bonds is 4. The summed E-state index contributed by atoms with van der Waals surface area (Å²) in [5.74, 6) is -2.19. The lowest BCUT2D eigenvalue weighted by Crippen LogP contribution is -2.15. The van der Waals surface area contributed by atoms with Crippen molar-refractivity contribution in [2.45, 2.75) is 6.54 Å². The first-order valence-corrected chi connectivity index (χ1v) is 6.46. The van der Waals surface area contributed by atoms with Gasteiger partial charge in [-0.1, -0.05) is 12.1 Å². The molecule has 2 aromatic carbocycles. The highest BCUT2D eigenvalue weighted by Gasteiger charge is 2.12. The number of anilines is 1. The molecular weight excluding hydrogens is 274 g/mol. The third-order valence-electron chi connectivity index (χ3n) is 2.86. The summed E-state index contributed by atoms with van der Waals surface area (Å²) in [7, 11) is 3.89. The number of carbonyl (C=O) groups excluding carboxylic acids is 1. The Morgan fingerprint density at radius 1 is 1.14 bits per heavy atom. The Bertz CT molecular complexity index is 656. The molecule has 0 atom stereocenters. The minimum Gasteiger partial charge on any atom is -0.322 e. The first kappa shape index (κ1) is 15.1. The maximum Gasteiger partial charge on any atom is 0.258 e. The van der Waals surface area contributed by atoms with Crippen LogP contribution in [0.5, 0.6) is 0 Å². The van der Waals surface area contributed by atoms with E-state index in [0.29, 0.717) is 11.8 Å². The van der Waals surface area contributed by atoms with Crippen LogP contribution in [0.1, 0.15) is 15.9 Å². The lowest BCUT2D eigenvalue weighted by atomic mass is 10.1. The van der Waals surface area contributed by atoms with Gasteiger partial charge in [0, 0.05) is 18.3 Å². The van der Waals surface area contributed by atoms with Gasteiger partial charge in [0.1, 0.15) is 11.6 Å². The molecule has 0 fully saturated rings. The molecule has 0 bridgehead atoms. The van der Waals surface area contributed by atoms with Crippen molar-refractivity contribution in [1.82, 2.24) is 4.90 Å². The molecule has 0 aliphatic heterocycles. The summed E-state index contributed by atoms with van der Waals surface area (Å²) in [5.41, 5.74) is 1.41. The number of halogens is 2. The van der Waals surface area contributed by atoms with E-state index in [1.807, 2.05) is 37.2 Å². The molecular formula is C16H16F2N2O. The second-order valence-electron chi connectivity index (χ2n) is 5.02. The quantitative estimate of drug-likeness (QED) is 0.937. The SMILES string of the molecule is CN(C)Cc1cccc(NC(=O)c2ccc(F)cc2F)c1. The molecule has 0 unspecified atom stereocenters. The first-order valence-electron chi connectivity index (χ1n) is 6.46. The zero-order chi connectivity index (χ0) is 15.4. The van der Waals surface area contributed by atoms with E-state index in [-0.39, 0.29) is 5.56 Å². The molecule has 0 spiro atoms. The highest BCUT2D eigenvalue weighted by atomic mass is 19.1. The predicted molar refractivity (Wildman–Crippen MR) is 78.1 cm³/mol. The highest BCUT2D eigenvalue weighted by molar-refractivity contribution is 6.04. The summed E-state index contributed by atoms with van der Waals surface area (Å²) in [4.78, 5) is 14.0. The lowest BCUT2D eigenvalue weighted by molar-refractivity contribution is 0.102. The molecule has 110 valence electrons. The van der Waals surface area contributed by atoms with Gasteiger partial charge in [0.05, 0.1) is 5.56 Å². The van der Waals surface area contributed by atoms with E-state index >= 15 is 0 Å². The van der Waals surface area contributed by atoms with Gasteiger partial charge in [0.15, 0.2) is 0 Å². The van der Waals surface area contributed by atoms with Crippen molar-refractivity contribution in [2.24, 2.45) is 0 Å². The minimum atomic E-state index is -0.878. The van der Waals surface area contributed by atoms with E-state index in [1.54, 1.807) is 6.07 Å². The molecule has 5 heteroatoms. The minimum absolute atomic E-state index is 0.186. The second-order valence-corrected chi connectivity index (χ2v) is 5.02. The van der Waals surface area contributed by atoms with Crippen LogP contribution >= 0.6 is 0 Å². The van der Waals surface area contributed by atoms with Gasteiger partial charge in [-0.25, -0.2) is 8.78 Å². The molecule has 0 aliphatic rings. The van der Waals surface area contributed by atoms with Gasteiger partial charge in [0.2, 0.25) is 0 Å². The van der Waals surface area contributed by atoms with Gasteiger partial charge in [0.25, 0.3) is 5.91 Å². The van der Waals surface area contributed by atoms with Crippen LogP contribution in [0.3, 0.4) is 0 Å². The largest absolute Gasteiger partial charge is 0.322 e. The maximum atomic E-state index is 13.5. The first-order chi connectivity index (χ1) is 9.95. The monoisotopic (exact) mass is 290 g/mol. The van der Waals surface area contributed by atoms with Crippen LogP contribution in [-0.4, -0.2) is 24.9 Å². The van der Waals surface area contributed by atoms with Crippen LogP contribution in [0.25, 0.3) is 0 Å². The summed E-state index contributed by atoms with van der Waals surface area (Å²) < 4.78 is 26.4. The van der Waals surface area contributed by atoms with Crippen molar-refractivity contribution < 1.29 is 13.6 Å². The number of carbonyl (C=O) groups is 1. The van der Waals surface area contributed by atoms with Gasteiger partial charge in [-0.2, -0.15) is 0 Å². The number of hydrogen-bond acceptors (Lipinski definition) is 2. The Balaban J connectivity index is 2.15. The summed E-state index contributed by atoms with van der Waals surface area (Å²) in [6, 6.07) is 10.2. The predicted octanol–water partition coefficient (Wildman–Crippen LogP) is 3.28. The average molecular weight is 290 g/mol. The normalized spacial score (nSPS) is 10.7. The van der Waals surface area contributed by atoms with E-state index in [4.69, 9.17) is 0 Å². The average Bonchev–Trinajstić information content (AvgIpc) is 2.37. The number of nitrogens with one attached hydrogen (secondary N) is 1. The van der Waals surface area contributed by atoms with Crippen LogP contribution in [0.2, 0.25) is 0 Å². The second kappa shape index (κ2) is 6.45. The topological polar surface area (TPSA) is 32.3 Å². The standard InChI is InChI=1S/C16H16F2N2O/c1-20(2)10-11-4-3-5-13(8-11)19-16(21)14-7-6-12(17)9-15(14)18/h3-9H,10H2,1-2H3,(H,19,21). The van der Waals surface area contributed by atoms with Gasteiger partial charge >= 0.3 is 0 Å². The van der Waals surface area contributed by atoms with Crippen LogP contribution in [0.4, 0.5) is 14.5 Å². The van der Waals surface area contributed by atoms with Crippen molar-refractivity contribution in [2.75, 3.05) is 19.4 Å². The Labute approximate surface area is 122 Å².